The number of hydrogen-bond acceptors (Lipinski definition) is 3. The highest BCUT2D eigenvalue weighted by Crippen LogP contribution is 2.34. The van der Waals surface area contributed by atoms with Crippen LogP contribution in [0.2, 0.25) is 0 Å². The maximum atomic E-state index is 10.6. The van der Waals surface area contributed by atoms with E-state index < -0.39 is 6.10 Å². The molecule has 0 radical (unpaired) electrons. The highest BCUT2D eigenvalue weighted by atomic mass is 16.5. The molecular formula is C15H21NO2. The first-order valence-corrected chi connectivity index (χ1v) is 6.88. The Labute approximate surface area is 108 Å². The average molecular weight is 247 g/mol. The summed E-state index contributed by atoms with van der Waals surface area (Å²) in [6.45, 7) is 4.83. The number of ether oxygens (including phenoxy) is 1. The number of hydrogen-bond donors (Lipinski definition) is 2. The predicted octanol–water partition coefficient (Wildman–Crippen LogP) is 1.79. The molecule has 3 heteroatoms. The summed E-state index contributed by atoms with van der Waals surface area (Å²) in [4.78, 5) is 0. The second-order valence-corrected chi connectivity index (χ2v) is 5.46. The van der Waals surface area contributed by atoms with Crippen LogP contribution < -0.4 is 5.32 Å². The van der Waals surface area contributed by atoms with Crippen molar-refractivity contribution >= 4 is 0 Å². The minimum absolute atomic E-state index is 0.0431. The molecular weight excluding hydrogens is 226 g/mol. The smallest absolute Gasteiger partial charge is 0.106 e. The number of aliphatic hydroxyl groups is 1. The van der Waals surface area contributed by atoms with Gasteiger partial charge in [0.25, 0.3) is 0 Å². The fourth-order valence-corrected chi connectivity index (χ4v) is 3.12. The van der Waals surface area contributed by atoms with Crippen LogP contribution in [-0.4, -0.2) is 24.4 Å². The van der Waals surface area contributed by atoms with Gasteiger partial charge in [0.1, 0.15) is 6.10 Å². The van der Waals surface area contributed by atoms with Gasteiger partial charge < -0.3 is 15.2 Å². The third kappa shape index (κ3) is 2.07. The molecule has 2 N–H and O–H groups in total. The largest absolute Gasteiger partial charge is 0.386 e. The molecule has 3 rings (SSSR count). The zero-order valence-electron chi connectivity index (χ0n) is 10.9. The average Bonchev–Trinajstić information content (AvgIpc) is 2.83. The van der Waals surface area contributed by atoms with Gasteiger partial charge in [-0.05, 0) is 42.0 Å². The van der Waals surface area contributed by atoms with Crippen LogP contribution in [0.1, 0.15) is 36.1 Å². The third-order valence-electron chi connectivity index (χ3n) is 4.26. The van der Waals surface area contributed by atoms with Gasteiger partial charge in [-0.25, -0.2) is 0 Å². The molecule has 18 heavy (non-hydrogen) atoms. The normalized spacial score (nSPS) is 29.0. The highest BCUT2D eigenvalue weighted by Gasteiger charge is 2.33. The van der Waals surface area contributed by atoms with Gasteiger partial charge in [0.2, 0.25) is 0 Å². The number of fused-ring (bicyclic) bond motifs is 1. The summed E-state index contributed by atoms with van der Waals surface area (Å²) in [5.41, 5.74) is 3.70. The Kier molecular flexibility index (Phi) is 3.37. The van der Waals surface area contributed by atoms with E-state index in [1.54, 1.807) is 0 Å². The summed E-state index contributed by atoms with van der Waals surface area (Å²) < 4.78 is 5.70. The molecule has 0 amide bonds. The highest BCUT2D eigenvalue weighted by molar-refractivity contribution is 5.38. The lowest BCUT2D eigenvalue weighted by Gasteiger charge is -2.27. The van der Waals surface area contributed by atoms with Gasteiger partial charge in [0, 0.05) is 13.2 Å². The lowest BCUT2D eigenvalue weighted by atomic mass is 9.88. The number of benzene rings is 1. The van der Waals surface area contributed by atoms with Crippen LogP contribution in [0, 0.1) is 5.92 Å². The van der Waals surface area contributed by atoms with Crippen LogP contribution in [-0.2, 0) is 17.7 Å². The molecule has 1 saturated heterocycles. The van der Waals surface area contributed by atoms with E-state index in [-0.39, 0.29) is 6.10 Å². The first-order chi connectivity index (χ1) is 8.77. The third-order valence-corrected chi connectivity index (χ3v) is 4.26. The second kappa shape index (κ2) is 5.00. The molecule has 0 saturated carbocycles. The molecule has 2 aliphatic heterocycles. The van der Waals surface area contributed by atoms with E-state index in [1.165, 1.54) is 11.1 Å². The van der Waals surface area contributed by atoms with E-state index in [0.717, 1.165) is 38.1 Å². The van der Waals surface area contributed by atoms with Crippen molar-refractivity contribution in [3.05, 3.63) is 34.9 Å². The van der Waals surface area contributed by atoms with Crippen LogP contribution in [0.3, 0.4) is 0 Å². The number of rotatable bonds is 2. The zero-order chi connectivity index (χ0) is 12.5. The maximum Gasteiger partial charge on any atom is 0.106 e. The molecule has 1 fully saturated rings. The number of nitrogens with one attached hydrogen (secondary N) is 1. The van der Waals surface area contributed by atoms with Crippen molar-refractivity contribution in [3.8, 4) is 0 Å². The Hall–Kier alpha value is -0.900. The second-order valence-electron chi connectivity index (χ2n) is 5.46. The molecule has 2 aliphatic rings. The monoisotopic (exact) mass is 247 g/mol. The van der Waals surface area contributed by atoms with Crippen molar-refractivity contribution < 1.29 is 9.84 Å². The lowest BCUT2D eigenvalue weighted by Crippen LogP contribution is -2.29. The molecule has 98 valence electrons. The van der Waals surface area contributed by atoms with Crippen molar-refractivity contribution in [2.24, 2.45) is 5.92 Å². The maximum absolute atomic E-state index is 10.6. The van der Waals surface area contributed by atoms with Gasteiger partial charge in [-0.15, -0.1) is 0 Å². The Bertz CT molecular complexity index is 433. The Morgan fingerprint density at radius 2 is 2.33 bits per heavy atom. The van der Waals surface area contributed by atoms with Crippen LogP contribution >= 0.6 is 0 Å². The quantitative estimate of drug-likeness (QED) is 0.837. The van der Waals surface area contributed by atoms with Gasteiger partial charge in [0.15, 0.2) is 0 Å². The SMILES string of the molecule is C[C@@H]1CCO[C@@H]1C(O)c1cccc2c1CNCC2. The summed E-state index contributed by atoms with van der Waals surface area (Å²) in [7, 11) is 0. The molecule has 3 atom stereocenters. The van der Waals surface area contributed by atoms with E-state index >= 15 is 0 Å². The fourth-order valence-electron chi connectivity index (χ4n) is 3.12. The zero-order valence-corrected chi connectivity index (χ0v) is 10.9. The van der Waals surface area contributed by atoms with Crippen LogP contribution in [0.4, 0.5) is 0 Å². The predicted molar refractivity (Wildman–Crippen MR) is 70.3 cm³/mol. The number of aliphatic hydroxyl groups excluding tert-OH is 1. The molecule has 0 bridgehead atoms. The Balaban J connectivity index is 1.91. The summed E-state index contributed by atoms with van der Waals surface area (Å²) in [5.74, 6) is 0.437. The van der Waals surface area contributed by atoms with Crippen LogP contribution in [0.5, 0.6) is 0 Å². The van der Waals surface area contributed by atoms with Gasteiger partial charge in [0.05, 0.1) is 6.10 Å². The van der Waals surface area contributed by atoms with Gasteiger partial charge in [-0.1, -0.05) is 25.1 Å². The van der Waals surface area contributed by atoms with E-state index in [9.17, 15) is 5.11 Å². The lowest BCUT2D eigenvalue weighted by molar-refractivity contribution is -0.0183. The summed E-state index contributed by atoms with van der Waals surface area (Å²) in [6, 6.07) is 6.28. The molecule has 1 unspecified atom stereocenters. The van der Waals surface area contributed by atoms with Crippen molar-refractivity contribution in [3.63, 3.8) is 0 Å². The Morgan fingerprint density at radius 3 is 3.11 bits per heavy atom. The molecule has 0 aliphatic carbocycles. The van der Waals surface area contributed by atoms with E-state index in [4.69, 9.17) is 4.74 Å². The van der Waals surface area contributed by atoms with E-state index in [1.807, 2.05) is 6.07 Å². The van der Waals surface area contributed by atoms with Crippen LogP contribution in [0.15, 0.2) is 18.2 Å². The minimum atomic E-state index is -0.489. The van der Waals surface area contributed by atoms with E-state index in [2.05, 4.69) is 24.4 Å². The van der Waals surface area contributed by atoms with Crippen molar-refractivity contribution in [1.29, 1.82) is 0 Å². The first-order valence-electron chi connectivity index (χ1n) is 6.88. The minimum Gasteiger partial charge on any atom is -0.386 e. The Morgan fingerprint density at radius 1 is 1.44 bits per heavy atom. The van der Waals surface area contributed by atoms with Gasteiger partial charge >= 0.3 is 0 Å². The molecule has 3 nitrogen and oxygen atoms in total. The summed E-state index contributed by atoms with van der Waals surface area (Å²) in [6.07, 6.45) is 1.57. The summed E-state index contributed by atoms with van der Waals surface area (Å²) in [5, 5.41) is 14.0. The topological polar surface area (TPSA) is 41.5 Å². The molecule has 0 spiro atoms. The molecule has 0 aromatic heterocycles. The summed E-state index contributed by atoms with van der Waals surface area (Å²) >= 11 is 0. The molecule has 1 aromatic rings. The molecule has 1 aromatic carbocycles. The van der Waals surface area contributed by atoms with Crippen molar-refractivity contribution in [2.45, 2.75) is 38.5 Å². The van der Waals surface area contributed by atoms with Crippen molar-refractivity contribution in [2.75, 3.05) is 13.2 Å². The fraction of sp³-hybridized carbons (Fsp3) is 0.600. The van der Waals surface area contributed by atoms with Gasteiger partial charge in [-0.2, -0.15) is 0 Å². The molecule has 2 heterocycles. The van der Waals surface area contributed by atoms with E-state index in [0.29, 0.717) is 5.92 Å². The first kappa shape index (κ1) is 12.2. The van der Waals surface area contributed by atoms with Gasteiger partial charge in [-0.3, -0.25) is 0 Å². The van der Waals surface area contributed by atoms with Crippen molar-refractivity contribution in [1.82, 2.24) is 5.32 Å². The van der Waals surface area contributed by atoms with Crippen LogP contribution in [0.25, 0.3) is 0 Å². The standard InChI is InChI=1S/C15H21NO2/c1-10-6-8-18-15(10)14(17)12-4-2-3-11-5-7-16-9-13(11)12/h2-4,10,14-17H,5-9H2,1H3/t10-,14?,15+/m1/s1.